The first-order valence-corrected chi connectivity index (χ1v) is 11.6. The van der Waals surface area contributed by atoms with Crippen LogP contribution < -0.4 is 0 Å². The number of aliphatic hydroxyl groups is 1. The van der Waals surface area contributed by atoms with Crippen LogP contribution in [0.2, 0.25) is 16.6 Å². The predicted molar refractivity (Wildman–Crippen MR) is 108 cm³/mol. The number of hydrogen-bond donors (Lipinski definition) is 1. The van der Waals surface area contributed by atoms with E-state index < -0.39 is 20.6 Å². The van der Waals surface area contributed by atoms with Crippen LogP contribution in [-0.2, 0) is 4.43 Å². The molecular formula is C21H33F3O2Si. The van der Waals surface area contributed by atoms with E-state index >= 15 is 0 Å². The van der Waals surface area contributed by atoms with E-state index in [-0.39, 0.29) is 28.0 Å². The standard InChI is InChI=1S/C21H33F3O2Si/c1-13(2)27(14(3)4,15(5)6)26-19(17(8)20(25)21(22,23)24)18-11-9-16(7)10-12-18/h9-15,20,25H,1-8H3/b19-17-/t20-/m1/s1. The monoisotopic (exact) mass is 402 g/mol. The zero-order valence-electron chi connectivity index (χ0n) is 17.6. The third-order valence-electron chi connectivity index (χ3n) is 5.38. The molecule has 0 heterocycles. The van der Waals surface area contributed by atoms with Gasteiger partial charge in [0.15, 0.2) is 6.10 Å². The summed E-state index contributed by atoms with van der Waals surface area (Å²) < 4.78 is 46.2. The zero-order chi connectivity index (χ0) is 21.2. The summed E-state index contributed by atoms with van der Waals surface area (Å²) in [5.41, 5.74) is 1.99. The average molecular weight is 403 g/mol. The lowest BCUT2D eigenvalue weighted by molar-refractivity contribution is -0.191. The summed E-state index contributed by atoms with van der Waals surface area (Å²) in [5, 5.41) is 9.91. The fourth-order valence-corrected chi connectivity index (χ4v) is 9.31. The Kier molecular flexibility index (Phi) is 7.76. The smallest absolute Gasteiger partial charge is 0.418 e. The minimum Gasteiger partial charge on any atom is -0.542 e. The van der Waals surface area contributed by atoms with Gasteiger partial charge >= 0.3 is 6.18 Å². The molecule has 0 aliphatic carbocycles. The second-order valence-corrected chi connectivity index (χ2v) is 13.6. The molecule has 0 aliphatic rings. The maximum absolute atomic E-state index is 13.2. The molecule has 1 rings (SSSR count). The summed E-state index contributed by atoms with van der Waals surface area (Å²) in [4.78, 5) is 0. The summed E-state index contributed by atoms with van der Waals surface area (Å²) in [7, 11) is -2.49. The van der Waals surface area contributed by atoms with Gasteiger partial charge in [-0.2, -0.15) is 13.2 Å². The molecule has 27 heavy (non-hydrogen) atoms. The van der Waals surface area contributed by atoms with Gasteiger partial charge in [-0.1, -0.05) is 71.4 Å². The number of aryl methyl sites for hydroxylation is 1. The highest BCUT2D eigenvalue weighted by Gasteiger charge is 2.49. The lowest BCUT2D eigenvalue weighted by atomic mass is 10.0. The van der Waals surface area contributed by atoms with E-state index in [4.69, 9.17) is 4.43 Å². The lowest BCUT2D eigenvalue weighted by Crippen LogP contribution is -2.47. The van der Waals surface area contributed by atoms with Gasteiger partial charge in [0.05, 0.1) is 0 Å². The molecule has 0 amide bonds. The van der Waals surface area contributed by atoms with Crippen LogP contribution in [0, 0.1) is 6.92 Å². The second-order valence-electron chi connectivity index (χ2n) is 8.24. The Hall–Kier alpha value is -1.27. The third-order valence-corrected chi connectivity index (χ3v) is 11.3. The van der Waals surface area contributed by atoms with E-state index in [0.29, 0.717) is 5.56 Å². The van der Waals surface area contributed by atoms with E-state index in [0.717, 1.165) is 5.56 Å². The highest BCUT2D eigenvalue weighted by molar-refractivity contribution is 6.78. The molecule has 0 radical (unpaired) electrons. The van der Waals surface area contributed by atoms with Crippen LogP contribution in [0.5, 0.6) is 0 Å². The molecule has 0 spiro atoms. The quantitative estimate of drug-likeness (QED) is 0.399. The van der Waals surface area contributed by atoms with Crippen molar-refractivity contribution in [2.75, 3.05) is 0 Å². The fraction of sp³-hybridized carbons (Fsp3) is 0.619. The summed E-state index contributed by atoms with van der Waals surface area (Å²) in [6.45, 7) is 15.7. The SMILES string of the molecule is C/C(=C(/O[Si](C(C)C)(C(C)C)C(C)C)c1ccc(C)cc1)[C@@H](O)C(F)(F)F. The summed E-state index contributed by atoms with van der Waals surface area (Å²) in [6.07, 6.45) is -7.28. The summed E-state index contributed by atoms with van der Waals surface area (Å²) in [6, 6.07) is 7.21. The second kappa shape index (κ2) is 8.82. The van der Waals surface area contributed by atoms with Gasteiger partial charge in [0.2, 0.25) is 0 Å². The Morgan fingerprint density at radius 2 is 1.33 bits per heavy atom. The molecule has 0 saturated heterocycles. The molecule has 1 atom stereocenters. The minimum absolute atomic E-state index is 0.169. The normalized spacial score (nSPS) is 15.4. The van der Waals surface area contributed by atoms with Crippen LogP contribution in [-0.4, -0.2) is 25.7 Å². The Morgan fingerprint density at radius 1 is 0.926 bits per heavy atom. The van der Waals surface area contributed by atoms with Crippen molar-refractivity contribution in [3.8, 4) is 0 Å². The Bertz CT molecular complexity index is 625. The van der Waals surface area contributed by atoms with Crippen molar-refractivity contribution in [1.82, 2.24) is 0 Å². The molecule has 0 fully saturated rings. The Balaban J connectivity index is 3.65. The maximum atomic E-state index is 13.2. The molecule has 1 aromatic rings. The predicted octanol–water partition coefficient (Wildman–Crippen LogP) is 6.84. The van der Waals surface area contributed by atoms with Gasteiger partial charge in [0.1, 0.15) is 5.76 Å². The largest absolute Gasteiger partial charge is 0.542 e. The highest BCUT2D eigenvalue weighted by Crippen LogP contribution is 2.46. The molecule has 1 aromatic carbocycles. The van der Waals surface area contributed by atoms with Crippen LogP contribution in [0.15, 0.2) is 29.8 Å². The average Bonchev–Trinajstić information content (AvgIpc) is 2.53. The number of rotatable bonds is 7. The van der Waals surface area contributed by atoms with Gasteiger partial charge in [-0.05, 0) is 30.5 Å². The molecule has 0 unspecified atom stereocenters. The van der Waals surface area contributed by atoms with Gasteiger partial charge < -0.3 is 9.53 Å². The van der Waals surface area contributed by atoms with E-state index in [1.54, 1.807) is 12.1 Å². The number of benzene rings is 1. The van der Waals surface area contributed by atoms with E-state index in [9.17, 15) is 18.3 Å². The molecule has 6 heteroatoms. The van der Waals surface area contributed by atoms with Gasteiger partial charge in [-0.15, -0.1) is 0 Å². The Morgan fingerprint density at radius 3 is 1.67 bits per heavy atom. The molecule has 0 bridgehead atoms. The van der Waals surface area contributed by atoms with Crippen LogP contribution >= 0.6 is 0 Å². The van der Waals surface area contributed by atoms with E-state index in [2.05, 4.69) is 41.5 Å². The maximum Gasteiger partial charge on any atom is 0.418 e. The molecular weight excluding hydrogens is 369 g/mol. The first kappa shape index (κ1) is 23.8. The van der Waals surface area contributed by atoms with Crippen molar-refractivity contribution in [3.05, 3.63) is 41.0 Å². The van der Waals surface area contributed by atoms with Crippen LogP contribution in [0.3, 0.4) is 0 Å². The number of halogens is 3. The first-order chi connectivity index (χ1) is 12.2. The molecule has 0 aliphatic heterocycles. The molecule has 2 nitrogen and oxygen atoms in total. The number of aliphatic hydroxyl groups excluding tert-OH is 1. The lowest BCUT2D eigenvalue weighted by Gasteiger charge is -2.43. The van der Waals surface area contributed by atoms with E-state index in [1.807, 2.05) is 19.1 Å². The van der Waals surface area contributed by atoms with E-state index in [1.165, 1.54) is 6.92 Å². The van der Waals surface area contributed by atoms with Crippen LogP contribution in [0.4, 0.5) is 13.2 Å². The van der Waals surface area contributed by atoms with Crippen molar-refractivity contribution in [1.29, 1.82) is 0 Å². The molecule has 0 saturated carbocycles. The summed E-state index contributed by atoms with van der Waals surface area (Å²) >= 11 is 0. The fourth-order valence-electron chi connectivity index (χ4n) is 3.97. The van der Waals surface area contributed by atoms with Gasteiger partial charge in [0.25, 0.3) is 8.32 Å². The minimum atomic E-state index is -4.74. The summed E-state index contributed by atoms with van der Waals surface area (Å²) in [5.74, 6) is 0.169. The highest BCUT2D eigenvalue weighted by atomic mass is 28.4. The molecule has 0 aromatic heterocycles. The topological polar surface area (TPSA) is 29.5 Å². The van der Waals surface area contributed by atoms with Crippen molar-refractivity contribution in [2.45, 2.75) is 84.3 Å². The van der Waals surface area contributed by atoms with Crippen molar-refractivity contribution in [3.63, 3.8) is 0 Å². The molecule has 1 N–H and O–H groups in total. The Labute approximate surface area is 162 Å². The van der Waals surface area contributed by atoms with Gasteiger partial charge in [0, 0.05) is 11.1 Å². The van der Waals surface area contributed by atoms with Crippen molar-refractivity contribution >= 4 is 14.1 Å². The zero-order valence-corrected chi connectivity index (χ0v) is 18.6. The third kappa shape index (κ3) is 5.16. The molecule has 154 valence electrons. The number of hydrogen-bond acceptors (Lipinski definition) is 2. The van der Waals surface area contributed by atoms with Crippen LogP contribution in [0.25, 0.3) is 5.76 Å². The first-order valence-electron chi connectivity index (χ1n) is 9.46. The van der Waals surface area contributed by atoms with Crippen LogP contribution in [0.1, 0.15) is 59.6 Å². The van der Waals surface area contributed by atoms with Crippen molar-refractivity contribution in [2.24, 2.45) is 0 Å². The number of alkyl halides is 3. The van der Waals surface area contributed by atoms with Gasteiger partial charge in [-0.3, -0.25) is 0 Å². The van der Waals surface area contributed by atoms with Gasteiger partial charge in [-0.25, -0.2) is 0 Å². The van der Waals surface area contributed by atoms with Crippen molar-refractivity contribution < 1.29 is 22.7 Å².